The lowest BCUT2D eigenvalue weighted by atomic mass is 10.3. The number of carbonyl (C=O) groups excluding carboxylic acids is 1. The zero-order valence-corrected chi connectivity index (χ0v) is 13.3. The molecule has 1 aromatic carbocycles. The monoisotopic (exact) mass is 346 g/mol. The Labute approximate surface area is 142 Å². The first-order valence-corrected chi connectivity index (χ1v) is 7.54. The van der Waals surface area contributed by atoms with Gasteiger partial charge in [0.25, 0.3) is 0 Å². The van der Waals surface area contributed by atoms with E-state index >= 15 is 0 Å². The molecule has 0 aliphatic heterocycles. The van der Waals surface area contributed by atoms with Crippen molar-refractivity contribution in [1.29, 1.82) is 0 Å². The number of nitrogens with one attached hydrogen (secondary N) is 2. The van der Waals surface area contributed by atoms with E-state index in [2.05, 4.69) is 20.8 Å². The summed E-state index contributed by atoms with van der Waals surface area (Å²) in [6.45, 7) is 0.349. The Morgan fingerprint density at radius 2 is 2.08 bits per heavy atom. The average Bonchev–Trinajstić information content (AvgIpc) is 3.20. The highest BCUT2D eigenvalue weighted by Crippen LogP contribution is 2.24. The van der Waals surface area contributed by atoms with Gasteiger partial charge in [0.05, 0.1) is 35.7 Å². The van der Waals surface area contributed by atoms with Crippen molar-refractivity contribution >= 4 is 29.0 Å². The smallest absolute Gasteiger partial charge is 0.323 e. The molecule has 0 radical (unpaired) electrons. The van der Waals surface area contributed by atoms with Crippen molar-refractivity contribution in [1.82, 2.24) is 19.6 Å². The second-order valence-corrected chi connectivity index (χ2v) is 5.32. The van der Waals surface area contributed by atoms with Gasteiger partial charge in [0.1, 0.15) is 0 Å². The quantitative estimate of drug-likeness (QED) is 0.660. The molecule has 3 rings (SSSR count). The molecule has 0 saturated heterocycles. The van der Waals surface area contributed by atoms with Gasteiger partial charge in [0.15, 0.2) is 0 Å². The summed E-state index contributed by atoms with van der Waals surface area (Å²) in [6.07, 6.45) is 6.57. The summed E-state index contributed by atoms with van der Waals surface area (Å²) >= 11 is 6.23. The van der Waals surface area contributed by atoms with Gasteiger partial charge in [0.2, 0.25) is 0 Å². The molecular weight excluding hydrogens is 332 g/mol. The van der Waals surface area contributed by atoms with Crippen molar-refractivity contribution in [2.24, 2.45) is 0 Å². The molecule has 2 aromatic heterocycles. The molecular formula is C15H15ClN6O2. The normalized spacial score (nSPS) is 10.6. The van der Waals surface area contributed by atoms with Crippen LogP contribution in [0.15, 0.2) is 49.1 Å². The second kappa shape index (κ2) is 7.16. The predicted octanol–water partition coefficient (Wildman–Crippen LogP) is 2.36. The Morgan fingerprint density at radius 1 is 1.25 bits per heavy atom. The molecule has 0 unspecified atom stereocenters. The van der Waals surface area contributed by atoms with E-state index in [1.807, 2.05) is 0 Å². The maximum absolute atomic E-state index is 12.0. The molecule has 124 valence electrons. The molecule has 0 aliphatic carbocycles. The van der Waals surface area contributed by atoms with Crippen LogP contribution in [0.3, 0.4) is 0 Å². The highest BCUT2D eigenvalue weighted by atomic mass is 35.5. The number of benzene rings is 1. The lowest BCUT2D eigenvalue weighted by molar-refractivity contribution is 0.262. The minimum atomic E-state index is -0.415. The third kappa shape index (κ3) is 3.73. The molecule has 2 amide bonds. The van der Waals surface area contributed by atoms with Crippen molar-refractivity contribution in [3.63, 3.8) is 0 Å². The van der Waals surface area contributed by atoms with Crippen LogP contribution in [0.5, 0.6) is 0 Å². The van der Waals surface area contributed by atoms with Crippen LogP contribution in [0.4, 0.5) is 16.2 Å². The fraction of sp³-hybridized carbons (Fsp3) is 0.133. The Hall–Kier alpha value is -2.84. The number of aromatic nitrogens is 4. The number of halogens is 1. The number of urea groups is 1. The van der Waals surface area contributed by atoms with E-state index in [1.165, 1.54) is 10.9 Å². The largest absolute Gasteiger partial charge is 0.394 e. The fourth-order valence-electron chi connectivity index (χ4n) is 2.13. The number of aliphatic hydroxyl groups is 1. The summed E-state index contributed by atoms with van der Waals surface area (Å²) in [6, 6.07) is 6.53. The number of rotatable bonds is 5. The van der Waals surface area contributed by atoms with Crippen molar-refractivity contribution in [2.75, 3.05) is 17.2 Å². The van der Waals surface area contributed by atoms with Crippen molar-refractivity contribution in [2.45, 2.75) is 6.54 Å². The molecule has 2 heterocycles. The Balaban J connectivity index is 1.64. The Bertz CT molecular complexity index is 830. The maximum atomic E-state index is 12.0. The first-order valence-electron chi connectivity index (χ1n) is 7.16. The molecule has 3 aromatic rings. The van der Waals surface area contributed by atoms with Crippen LogP contribution in [0.2, 0.25) is 5.02 Å². The van der Waals surface area contributed by atoms with Gasteiger partial charge in [-0.2, -0.15) is 10.2 Å². The van der Waals surface area contributed by atoms with E-state index < -0.39 is 6.03 Å². The molecule has 9 heteroatoms. The molecule has 0 bridgehead atoms. The molecule has 8 nitrogen and oxygen atoms in total. The first-order chi connectivity index (χ1) is 11.7. The van der Waals surface area contributed by atoms with E-state index in [-0.39, 0.29) is 6.61 Å². The zero-order valence-electron chi connectivity index (χ0n) is 12.6. The summed E-state index contributed by atoms with van der Waals surface area (Å²) < 4.78 is 3.17. The van der Waals surface area contributed by atoms with E-state index in [9.17, 15) is 4.79 Å². The van der Waals surface area contributed by atoms with Gasteiger partial charge in [0, 0.05) is 24.3 Å². The summed E-state index contributed by atoms with van der Waals surface area (Å²) in [5.41, 5.74) is 1.80. The zero-order chi connectivity index (χ0) is 16.9. The van der Waals surface area contributed by atoms with Gasteiger partial charge in [-0.15, -0.1) is 0 Å². The van der Waals surface area contributed by atoms with Crippen LogP contribution in [-0.2, 0) is 6.54 Å². The highest BCUT2D eigenvalue weighted by molar-refractivity contribution is 6.32. The number of aliphatic hydroxyl groups excluding tert-OH is 1. The highest BCUT2D eigenvalue weighted by Gasteiger charge is 2.08. The van der Waals surface area contributed by atoms with E-state index in [4.69, 9.17) is 16.7 Å². The molecule has 0 fully saturated rings. The van der Waals surface area contributed by atoms with Gasteiger partial charge in [-0.3, -0.25) is 4.68 Å². The Morgan fingerprint density at radius 3 is 2.79 bits per heavy atom. The summed E-state index contributed by atoms with van der Waals surface area (Å²) in [5.74, 6) is 0. The van der Waals surface area contributed by atoms with Gasteiger partial charge in [-0.05, 0) is 24.3 Å². The minimum absolute atomic E-state index is 0.0194. The van der Waals surface area contributed by atoms with Crippen LogP contribution < -0.4 is 10.6 Å². The number of amides is 2. The fourth-order valence-corrected chi connectivity index (χ4v) is 2.40. The number of hydrogen-bond acceptors (Lipinski definition) is 4. The number of carbonyl (C=O) groups is 1. The maximum Gasteiger partial charge on any atom is 0.323 e. The van der Waals surface area contributed by atoms with Crippen molar-refractivity contribution in [3.05, 3.63) is 54.1 Å². The number of hydrogen-bond donors (Lipinski definition) is 3. The van der Waals surface area contributed by atoms with Crippen LogP contribution >= 0.6 is 11.6 Å². The van der Waals surface area contributed by atoms with Crippen LogP contribution in [0.25, 0.3) is 5.69 Å². The van der Waals surface area contributed by atoms with Gasteiger partial charge >= 0.3 is 6.03 Å². The third-order valence-electron chi connectivity index (χ3n) is 3.18. The van der Waals surface area contributed by atoms with Gasteiger partial charge in [-0.1, -0.05) is 11.6 Å². The van der Waals surface area contributed by atoms with Gasteiger partial charge < -0.3 is 15.7 Å². The van der Waals surface area contributed by atoms with Crippen LogP contribution in [0.1, 0.15) is 0 Å². The van der Waals surface area contributed by atoms with E-state index in [1.54, 1.807) is 47.5 Å². The molecule has 0 spiro atoms. The summed E-state index contributed by atoms with van der Waals surface area (Å²) in [7, 11) is 0. The lowest BCUT2D eigenvalue weighted by Crippen LogP contribution is -2.19. The topological polar surface area (TPSA) is 97.0 Å². The molecule has 3 N–H and O–H groups in total. The first kappa shape index (κ1) is 16.0. The molecule has 0 aliphatic rings. The minimum Gasteiger partial charge on any atom is -0.394 e. The second-order valence-electron chi connectivity index (χ2n) is 4.91. The van der Waals surface area contributed by atoms with Crippen LogP contribution in [0, 0.1) is 0 Å². The van der Waals surface area contributed by atoms with Gasteiger partial charge in [-0.25, -0.2) is 9.48 Å². The molecule has 24 heavy (non-hydrogen) atoms. The van der Waals surface area contributed by atoms with Crippen molar-refractivity contribution < 1.29 is 9.90 Å². The third-order valence-corrected chi connectivity index (χ3v) is 3.48. The van der Waals surface area contributed by atoms with Crippen molar-refractivity contribution in [3.8, 4) is 5.69 Å². The summed E-state index contributed by atoms with van der Waals surface area (Å²) in [4.78, 5) is 12.0. The SMILES string of the molecule is O=C(Nc1ccc(-n2cccn2)c(Cl)c1)Nc1cnn(CCO)c1. The van der Waals surface area contributed by atoms with E-state index in [0.717, 1.165) is 5.69 Å². The van der Waals surface area contributed by atoms with Crippen LogP contribution in [-0.4, -0.2) is 37.3 Å². The standard InChI is InChI=1S/C15H15ClN6O2/c16-13-8-11(2-3-14(13)22-5-1-4-17-22)19-15(24)20-12-9-18-21(10-12)6-7-23/h1-5,8-10,23H,6-7H2,(H2,19,20,24). The lowest BCUT2D eigenvalue weighted by Gasteiger charge is -2.09. The average molecular weight is 347 g/mol. The molecule has 0 atom stereocenters. The number of nitrogens with zero attached hydrogens (tertiary/aromatic N) is 4. The Kier molecular flexibility index (Phi) is 4.78. The van der Waals surface area contributed by atoms with E-state index in [0.29, 0.717) is 22.9 Å². The molecule has 0 saturated carbocycles. The number of anilines is 2. The summed E-state index contributed by atoms with van der Waals surface area (Å²) in [5, 5.41) is 22.8. The predicted molar refractivity (Wildman–Crippen MR) is 90.5 cm³/mol.